The zero-order chi connectivity index (χ0) is 38.0. The molecule has 280 valence electrons. The number of fused-ring (bicyclic) bond motifs is 4. The van der Waals surface area contributed by atoms with Crippen LogP contribution in [0.15, 0.2) is 115 Å². The van der Waals surface area contributed by atoms with Crippen molar-refractivity contribution >= 4 is 29.3 Å². The largest absolute Gasteiger partial charge is 0.507 e. The Labute approximate surface area is 321 Å². The number of phenols is 1. The molecule has 0 aromatic heterocycles. The molecule has 3 aliphatic heterocycles. The SMILES string of the molecule is Cc1ccc(NN2C(=O)[C@@H]3C[C@@H]4C(=CC[C@@H]5C(=O)N(C6CCN(Cc7ccccc7)CC6)C(=O)[C@@H]54)[C@H](c4cccc(C)c4O)[C@]3(c3ccccc3)C2=O)cc1. The van der Waals surface area contributed by atoms with Crippen LogP contribution in [-0.2, 0) is 31.1 Å². The lowest BCUT2D eigenvalue weighted by atomic mass is 9.49. The Morgan fingerprint density at radius 3 is 2.16 bits per heavy atom. The molecule has 4 aromatic carbocycles. The number of allylic oxidation sites excluding steroid dienone is 2. The molecule has 6 atom stereocenters. The standard InChI is InChI=1S/C46H46N4O5/c1-28-16-18-32(19-17-28)47-50-43(53)38-26-37-34(40(36-15-9-10-29(2)41(36)51)46(38,45(50)55)31-13-7-4-8-14-31)20-21-35-39(37)44(54)49(42(35)52)33-22-24-48(25-23-33)27-30-11-5-3-6-12-30/h3-20,33,35,37-40,47,51H,21-27H2,1-2H3/t35-,37+,38-,39-,40+,46+/m0/s1. The molecule has 2 N–H and O–H groups in total. The molecule has 0 unspecified atom stereocenters. The van der Waals surface area contributed by atoms with Crippen LogP contribution in [0.25, 0.3) is 0 Å². The van der Waals surface area contributed by atoms with Crippen molar-refractivity contribution < 1.29 is 24.3 Å². The van der Waals surface area contributed by atoms with Crippen molar-refractivity contribution in [3.8, 4) is 5.75 Å². The highest BCUT2D eigenvalue weighted by Crippen LogP contribution is 2.65. The number of phenolic OH excluding ortho intramolecular Hbond substituents is 1. The molecule has 9 heteroatoms. The smallest absolute Gasteiger partial charge is 0.260 e. The lowest BCUT2D eigenvalue weighted by Crippen LogP contribution is -2.53. The van der Waals surface area contributed by atoms with Crippen molar-refractivity contribution in [2.45, 2.75) is 63.5 Å². The fraction of sp³-hybridized carbons (Fsp3) is 0.348. The highest BCUT2D eigenvalue weighted by atomic mass is 16.3. The third kappa shape index (κ3) is 5.54. The van der Waals surface area contributed by atoms with Gasteiger partial charge in [0, 0.05) is 37.2 Å². The van der Waals surface area contributed by atoms with Gasteiger partial charge in [-0.15, -0.1) is 0 Å². The van der Waals surface area contributed by atoms with E-state index in [0.29, 0.717) is 41.6 Å². The maximum Gasteiger partial charge on any atom is 0.260 e. The highest BCUT2D eigenvalue weighted by Gasteiger charge is 2.70. The Hall–Kier alpha value is -5.54. The quantitative estimate of drug-likeness (QED) is 0.162. The van der Waals surface area contributed by atoms with Gasteiger partial charge in [-0.3, -0.25) is 34.4 Å². The van der Waals surface area contributed by atoms with E-state index in [2.05, 4.69) is 28.5 Å². The summed E-state index contributed by atoms with van der Waals surface area (Å²) in [5.41, 5.74) is 7.33. The maximum absolute atomic E-state index is 15.3. The molecule has 0 spiro atoms. The number of hydrogen-bond acceptors (Lipinski definition) is 7. The van der Waals surface area contributed by atoms with Crippen molar-refractivity contribution in [3.05, 3.63) is 143 Å². The number of nitrogens with zero attached hydrogens (tertiary/aromatic N) is 3. The van der Waals surface area contributed by atoms with Crippen LogP contribution < -0.4 is 5.43 Å². The molecular formula is C46H46N4O5. The fourth-order valence-electron chi connectivity index (χ4n) is 10.6. The molecule has 9 nitrogen and oxygen atoms in total. The van der Waals surface area contributed by atoms with Gasteiger partial charge in [0.1, 0.15) is 5.75 Å². The van der Waals surface area contributed by atoms with E-state index >= 15 is 4.79 Å². The third-order valence-corrected chi connectivity index (χ3v) is 13.2. The number of carbonyl (C=O) groups is 4. The number of likely N-dealkylation sites (tertiary alicyclic amines) is 2. The Morgan fingerprint density at radius 1 is 0.764 bits per heavy atom. The number of imide groups is 2. The van der Waals surface area contributed by atoms with E-state index in [-0.39, 0.29) is 35.9 Å². The van der Waals surface area contributed by atoms with Crippen molar-refractivity contribution in [2.24, 2.45) is 23.7 Å². The van der Waals surface area contributed by atoms with E-state index < -0.39 is 40.9 Å². The summed E-state index contributed by atoms with van der Waals surface area (Å²) in [5, 5.41) is 13.0. The van der Waals surface area contributed by atoms with Crippen LogP contribution in [0.1, 0.15) is 59.4 Å². The van der Waals surface area contributed by atoms with Crippen molar-refractivity contribution in [2.75, 3.05) is 18.5 Å². The van der Waals surface area contributed by atoms with Crippen LogP contribution in [0.2, 0.25) is 0 Å². The number of benzene rings is 4. The molecule has 3 saturated heterocycles. The summed E-state index contributed by atoms with van der Waals surface area (Å²) in [5.74, 6) is -4.31. The summed E-state index contributed by atoms with van der Waals surface area (Å²) in [6.45, 7) is 6.20. The Balaban J connectivity index is 1.11. The predicted octanol–water partition coefficient (Wildman–Crippen LogP) is 6.66. The van der Waals surface area contributed by atoms with Gasteiger partial charge in [-0.05, 0) is 74.3 Å². The first-order valence-corrected chi connectivity index (χ1v) is 19.6. The minimum atomic E-state index is -1.42. The van der Waals surface area contributed by atoms with Crippen molar-refractivity contribution in [1.29, 1.82) is 0 Å². The van der Waals surface area contributed by atoms with E-state index in [0.717, 1.165) is 35.8 Å². The third-order valence-electron chi connectivity index (χ3n) is 13.2. The number of hydrazine groups is 1. The van der Waals surface area contributed by atoms with Gasteiger partial charge >= 0.3 is 0 Å². The molecular weight excluding hydrogens is 689 g/mol. The number of amides is 4. The summed E-state index contributed by atoms with van der Waals surface area (Å²) in [7, 11) is 0. The van der Waals surface area contributed by atoms with E-state index in [9.17, 15) is 19.5 Å². The number of para-hydroxylation sites is 1. The van der Waals surface area contributed by atoms with Crippen LogP contribution in [0, 0.1) is 37.5 Å². The molecule has 0 bridgehead atoms. The number of rotatable bonds is 7. The number of hydrogen-bond donors (Lipinski definition) is 2. The molecule has 55 heavy (non-hydrogen) atoms. The van der Waals surface area contributed by atoms with Gasteiger partial charge in [-0.25, -0.2) is 0 Å². The number of aromatic hydroxyl groups is 1. The summed E-state index contributed by atoms with van der Waals surface area (Å²) < 4.78 is 0. The van der Waals surface area contributed by atoms with E-state index in [4.69, 9.17) is 0 Å². The first kappa shape index (κ1) is 35.2. The molecule has 9 rings (SSSR count). The zero-order valence-corrected chi connectivity index (χ0v) is 31.2. The average molecular weight is 735 g/mol. The summed E-state index contributed by atoms with van der Waals surface area (Å²) in [6, 6.07) is 32.6. The fourth-order valence-corrected chi connectivity index (χ4v) is 10.6. The predicted molar refractivity (Wildman–Crippen MR) is 208 cm³/mol. The van der Waals surface area contributed by atoms with Crippen LogP contribution in [0.4, 0.5) is 5.69 Å². The normalized spacial score (nSPS) is 28.2. The second-order valence-corrected chi connectivity index (χ2v) is 16.1. The van der Waals surface area contributed by atoms with Gasteiger partial charge in [-0.2, -0.15) is 5.01 Å². The summed E-state index contributed by atoms with van der Waals surface area (Å²) >= 11 is 0. The molecule has 5 aliphatic rings. The lowest BCUT2D eigenvalue weighted by Gasteiger charge is -2.50. The van der Waals surface area contributed by atoms with Crippen LogP contribution in [0.3, 0.4) is 0 Å². The van der Waals surface area contributed by atoms with Gasteiger partial charge in [0.15, 0.2) is 0 Å². The Bertz CT molecular complexity index is 2200. The van der Waals surface area contributed by atoms with Crippen molar-refractivity contribution in [1.82, 2.24) is 14.8 Å². The average Bonchev–Trinajstić information content (AvgIpc) is 3.58. The van der Waals surface area contributed by atoms with Gasteiger partial charge < -0.3 is 5.11 Å². The molecule has 1 saturated carbocycles. The number of carbonyl (C=O) groups excluding carboxylic acids is 4. The zero-order valence-electron chi connectivity index (χ0n) is 31.2. The molecule has 4 amide bonds. The second kappa shape index (κ2) is 13.6. The van der Waals surface area contributed by atoms with E-state index in [1.54, 1.807) is 4.90 Å². The Morgan fingerprint density at radius 2 is 1.45 bits per heavy atom. The molecule has 4 fully saturated rings. The highest BCUT2D eigenvalue weighted by molar-refractivity contribution is 6.13. The van der Waals surface area contributed by atoms with E-state index in [1.165, 1.54) is 5.56 Å². The first-order valence-electron chi connectivity index (χ1n) is 19.6. The van der Waals surface area contributed by atoms with Crippen LogP contribution >= 0.6 is 0 Å². The van der Waals surface area contributed by atoms with Gasteiger partial charge in [0.05, 0.1) is 28.9 Å². The van der Waals surface area contributed by atoms with E-state index in [1.807, 2.05) is 105 Å². The Kier molecular flexibility index (Phi) is 8.72. The van der Waals surface area contributed by atoms with Gasteiger partial charge in [0.25, 0.3) is 11.8 Å². The molecule has 3 heterocycles. The van der Waals surface area contributed by atoms with Gasteiger partial charge in [0.2, 0.25) is 11.8 Å². The molecule has 0 radical (unpaired) electrons. The number of piperidine rings is 1. The minimum Gasteiger partial charge on any atom is -0.507 e. The topological polar surface area (TPSA) is 110 Å². The first-order chi connectivity index (χ1) is 26.7. The lowest BCUT2D eigenvalue weighted by molar-refractivity contribution is -0.144. The number of anilines is 1. The van der Waals surface area contributed by atoms with Crippen LogP contribution in [-0.4, -0.2) is 62.7 Å². The molecule has 4 aromatic rings. The monoisotopic (exact) mass is 734 g/mol. The number of nitrogens with one attached hydrogen (secondary N) is 1. The second-order valence-electron chi connectivity index (χ2n) is 16.1. The minimum absolute atomic E-state index is 0.0631. The number of aryl methyl sites for hydroxylation is 2. The summed E-state index contributed by atoms with van der Waals surface area (Å²) in [4.78, 5) is 63.3. The van der Waals surface area contributed by atoms with Crippen LogP contribution in [0.5, 0.6) is 5.75 Å². The summed E-state index contributed by atoms with van der Waals surface area (Å²) in [6.07, 6.45) is 4.06. The maximum atomic E-state index is 15.3. The van der Waals surface area contributed by atoms with Crippen molar-refractivity contribution in [3.63, 3.8) is 0 Å². The van der Waals surface area contributed by atoms with Gasteiger partial charge in [-0.1, -0.05) is 108 Å². The molecule has 2 aliphatic carbocycles.